The van der Waals surface area contributed by atoms with E-state index in [2.05, 4.69) is 52.6 Å². The second kappa shape index (κ2) is 9.76. The highest BCUT2D eigenvalue weighted by Gasteiger charge is 2.27. The molecule has 188 valence electrons. The standard InChI is InChI=1S/C25H26N10OS/c1-33-13-18(12-30-33)23(36)32-24-21(8-26)20-4-7-34(15-22(20)37-24)25-28-9-16(10-29-25)17-11-31-35(14-17)19-2-5-27-6-3-19/h9-14,19,27H,2-7,15H2,1H3,(H,32,36). The summed E-state index contributed by atoms with van der Waals surface area (Å²) in [4.78, 5) is 25.1. The number of hydrogen-bond donors (Lipinski definition) is 2. The predicted molar refractivity (Wildman–Crippen MR) is 139 cm³/mol. The van der Waals surface area contributed by atoms with Crippen molar-refractivity contribution in [2.24, 2.45) is 7.05 Å². The minimum absolute atomic E-state index is 0.276. The molecule has 4 aromatic heterocycles. The summed E-state index contributed by atoms with van der Waals surface area (Å²) in [5.74, 6) is 0.371. The van der Waals surface area contributed by atoms with Crippen LogP contribution >= 0.6 is 11.3 Å². The van der Waals surface area contributed by atoms with E-state index in [1.54, 1.807) is 17.9 Å². The zero-order valence-corrected chi connectivity index (χ0v) is 21.2. The van der Waals surface area contributed by atoms with Gasteiger partial charge in [-0.05, 0) is 37.9 Å². The number of aromatic nitrogens is 6. The van der Waals surface area contributed by atoms with Crippen LogP contribution in [0.15, 0.2) is 37.2 Å². The van der Waals surface area contributed by atoms with Gasteiger partial charge in [0.15, 0.2) is 0 Å². The second-order valence-corrected chi connectivity index (χ2v) is 10.4. The number of rotatable bonds is 5. The molecule has 0 aliphatic carbocycles. The first-order valence-corrected chi connectivity index (χ1v) is 13.1. The van der Waals surface area contributed by atoms with Crippen molar-refractivity contribution in [1.82, 2.24) is 34.8 Å². The normalized spacial score (nSPS) is 15.8. The van der Waals surface area contributed by atoms with E-state index in [1.807, 2.05) is 18.6 Å². The maximum Gasteiger partial charge on any atom is 0.259 e. The third kappa shape index (κ3) is 4.59. The summed E-state index contributed by atoms with van der Waals surface area (Å²) < 4.78 is 3.63. The van der Waals surface area contributed by atoms with Gasteiger partial charge in [-0.3, -0.25) is 14.2 Å². The van der Waals surface area contributed by atoms with Crippen LogP contribution in [-0.2, 0) is 20.0 Å². The van der Waals surface area contributed by atoms with Gasteiger partial charge >= 0.3 is 0 Å². The van der Waals surface area contributed by atoms with Crippen LogP contribution in [0, 0.1) is 11.3 Å². The third-order valence-electron chi connectivity index (χ3n) is 6.90. The van der Waals surface area contributed by atoms with E-state index < -0.39 is 0 Å². The summed E-state index contributed by atoms with van der Waals surface area (Å²) in [6, 6.07) is 2.72. The van der Waals surface area contributed by atoms with Crippen molar-refractivity contribution in [1.29, 1.82) is 5.26 Å². The Balaban J connectivity index is 1.16. The molecule has 0 aromatic carbocycles. The Morgan fingerprint density at radius 2 is 1.95 bits per heavy atom. The third-order valence-corrected chi connectivity index (χ3v) is 8.03. The Bertz CT molecular complexity index is 1470. The molecule has 0 unspecified atom stereocenters. The van der Waals surface area contributed by atoms with E-state index in [4.69, 9.17) is 0 Å². The SMILES string of the molecule is Cn1cc(C(=O)Nc2sc3c(c2C#N)CCN(c2ncc(-c4cnn(C5CCNCC5)c4)cn2)C3)cn1. The monoisotopic (exact) mass is 514 g/mol. The lowest BCUT2D eigenvalue weighted by Gasteiger charge is -2.26. The van der Waals surface area contributed by atoms with Crippen molar-refractivity contribution in [3.8, 4) is 17.2 Å². The summed E-state index contributed by atoms with van der Waals surface area (Å²) in [6.45, 7) is 3.33. The number of carbonyl (C=O) groups is 1. The van der Waals surface area contributed by atoms with Crippen molar-refractivity contribution in [2.75, 3.05) is 29.9 Å². The van der Waals surface area contributed by atoms with Crippen LogP contribution in [0.1, 0.15) is 45.2 Å². The van der Waals surface area contributed by atoms with E-state index >= 15 is 0 Å². The van der Waals surface area contributed by atoms with Gasteiger partial charge in [-0.2, -0.15) is 15.5 Å². The summed E-state index contributed by atoms with van der Waals surface area (Å²) in [5, 5.41) is 25.3. The molecule has 1 fully saturated rings. The summed E-state index contributed by atoms with van der Waals surface area (Å²) in [7, 11) is 1.76. The highest BCUT2D eigenvalue weighted by molar-refractivity contribution is 7.16. The fraction of sp³-hybridized carbons (Fsp3) is 0.360. The zero-order chi connectivity index (χ0) is 25.4. The average Bonchev–Trinajstić information content (AvgIpc) is 3.67. The zero-order valence-electron chi connectivity index (χ0n) is 20.4. The number of nitrogens with one attached hydrogen (secondary N) is 2. The summed E-state index contributed by atoms with van der Waals surface area (Å²) >= 11 is 1.44. The van der Waals surface area contributed by atoms with E-state index in [0.29, 0.717) is 47.6 Å². The lowest BCUT2D eigenvalue weighted by molar-refractivity contribution is 0.102. The number of amides is 1. The van der Waals surface area contributed by atoms with Crippen LogP contribution in [0.2, 0.25) is 0 Å². The molecule has 37 heavy (non-hydrogen) atoms. The molecule has 2 N–H and O–H groups in total. The number of carbonyl (C=O) groups excluding carboxylic acids is 1. The number of thiophene rings is 1. The molecule has 6 rings (SSSR count). The van der Waals surface area contributed by atoms with E-state index in [0.717, 1.165) is 47.5 Å². The number of hydrogen-bond acceptors (Lipinski definition) is 9. The topological polar surface area (TPSA) is 130 Å². The van der Waals surface area contributed by atoms with Gasteiger partial charge < -0.3 is 15.5 Å². The number of fused-ring (bicyclic) bond motifs is 1. The molecule has 0 bridgehead atoms. The van der Waals surface area contributed by atoms with Gasteiger partial charge in [-0.15, -0.1) is 11.3 Å². The molecule has 0 saturated carbocycles. The number of nitrogens with zero attached hydrogens (tertiary/aromatic N) is 8. The summed E-state index contributed by atoms with van der Waals surface area (Å²) in [6.07, 6.45) is 13.7. The molecule has 6 heterocycles. The Morgan fingerprint density at radius 1 is 1.14 bits per heavy atom. The highest BCUT2D eigenvalue weighted by atomic mass is 32.1. The van der Waals surface area contributed by atoms with E-state index in [-0.39, 0.29) is 5.91 Å². The Labute approximate surface area is 217 Å². The van der Waals surface area contributed by atoms with Gasteiger partial charge in [-0.1, -0.05) is 0 Å². The van der Waals surface area contributed by atoms with Crippen LogP contribution in [0.4, 0.5) is 10.9 Å². The van der Waals surface area contributed by atoms with Crippen molar-refractivity contribution in [3.05, 3.63) is 58.7 Å². The van der Waals surface area contributed by atoms with Gasteiger partial charge in [0.2, 0.25) is 5.95 Å². The molecule has 0 radical (unpaired) electrons. The molecule has 0 atom stereocenters. The van der Waals surface area contributed by atoms with Gasteiger partial charge in [0.25, 0.3) is 5.91 Å². The molecule has 2 aliphatic heterocycles. The Morgan fingerprint density at radius 3 is 2.68 bits per heavy atom. The maximum atomic E-state index is 12.6. The molecule has 4 aromatic rings. The van der Waals surface area contributed by atoms with Crippen molar-refractivity contribution in [2.45, 2.75) is 31.8 Å². The molecule has 1 amide bonds. The van der Waals surface area contributed by atoms with Crippen molar-refractivity contribution in [3.63, 3.8) is 0 Å². The van der Waals surface area contributed by atoms with E-state index in [9.17, 15) is 10.1 Å². The molecule has 2 aliphatic rings. The predicted octanol–water partition coefficient (Wildman–Crippen LogP) is 2.75. The summed E-state index contributed by atoms with van der Waals surface area (Å²) in [5.41, 5.74) is 3.93. The largest absolute Gasteiger partial charge is 0.335 e. The average molecular weight is 515 g/mol. The van der Waals surface area contributed by atoms with E-state index in [1.165, 1.54) is 17.5 Å². The first-order chi connectivity index (χ1) is 18.1. The molecular weight excluding hydrogens is 488 g/mol. The number of piperidine rings is 1. The number of anilines is 2. The lowest BCUT2D eigenvalue weighted by Crippen LogP contribution is -2.31. The van der Waals surface area contributed by atoms with Gasteiger partial charge in [0, 0.05) is 54.4 Å². The fourth-order valence-corrected chi connectivity index (χ4v) is 6.09. The van der Waals surface area contributed by atoms with Crippen LogP contribution in [0.25, 0.3) is 11.1 Å². The Kier molecular flexibility index (Phi) is 6.15. The molecular formula is C25H26N10OS. The molecule has 0 spiro atoms. The van der Waals surface area contributed by atoms with Crippen LogP contribution < -0.4 is 15.5 Å². The smallest absolute Gasteiger partial charge is 0.259 e. The van der Waals surface area contributed by atoms with Gasteiger partial charge in [0.05, 0.1) is 36.1 Å². The number of aryl methyl sites for hydroxylation is 1. The second-order valence-electron chi connectivity index (χ2n) is 9.31. The fourth-order valence-electron chi connectivity index (χ4n) is 4.89. The maximum absolute atomic E-state index is 12.6. The minimum atomic E-state index is -0.276. The molecule has 12 heteroatoms. The highest BCUT2D eigenvalue weighted by Crippen LogP contribution is 2.37. The van der Waals surface area contributed by atoms with Crippen LogP contribution in [-0.4, -0.2) is 55.1 Å². The van der Waals surface area contributed by atoms with Crippen LogP contribution in [0.3, 0.4) is 0 Å². The van der Waals surface area contributed by atoms with Crippen molar-refractivity contribution >= 4 is 28.2 Å². The van der Waals surface area contributed by atoms with Gasteiger partial charge in [0.1, 0.15) is 11.1 Å². The number of nitriles is 1. The van der Waals surface area contributed by atoms with Gasteiger partial charge in [-0.25, -0.2) is 9.97 Å². The lowest BCUT2D eigenvalue weighted by atomic mass is 10.0. The Hall–Kier alpha value is -4.08. The quantitative estimate of drug-likeness (QED) is 0.416. The molecule has 11 nitrogen and oxygen atoms in total. The molecule has 1 saturated heterocycles. The van der Waals surface area contributed by atoms with Crippen LogP contribution in [0.5, 0.6) is 0 Å². The first kappa shape index (κ1) is 23.3. The first-order valence-electron chi connectivity index (χ1n) is 12.3. The minimum Gasteiger partial charge on any atom is -0.335 e. The van der Waals surface area contributed by atoms with Crippen molar-refractivity contribution < 1.29 is 4.79 Å².